The van der Waals surface area contributed by atoms with Gasteiger partial charge in [0.05, 0.1) is 20.3 Å². The predicted molar refractivity (Wildman–Crippen MR) is 65.3 cm³/mol. The van der Waals surface area contributed by atoms with Gasteiger partial charge in [-0.3, -0.25) is 4.90 Å². The number of aryl methyl sites for hydroxylation is 1. The van der Waals surface area contributed by atoms with E-state index >= 15 is 0 Å². The van der Waals surface area contributed by atoms with Crippen LogP contribution in [0.2, 0.25) is 0 Å². The van der Waals surface area contributed by atoms with Gasteiger partial charge in [-0.25, -0.2) is 4.79 Å². The minimum Gasteiger partial charge on any atom is -0.463 e. The molecule has 1 aliphatic rings. The molecule has 0 spiro atoms. The van der Waals surface area contributed by atoms with Crippen LogP contribution in [0.1, 0.15) is 34.7 Å². The molecule has 18 heavy (non-hydrogen) atoms. The van der Waals surface area contributed by atoms with Crippen molar-refractivity contribution in [2.75, 3.05) is 20.3 Å². The Morgan fingerprint density at radius 2 is 2.44 bits per heavy atom. The van der Waals surface area contributed by atoms with Crippen LogP contribution in [-0.2, 0) is 11.3 Å². The number of carbonyl (C=O) groups is 1. The lowest BCUT2D eigenvalue weighted by Gasteiger charge is -2.21. The van der Waals surface area contributed by atoms with Gasteiger partial charge in [0.1, 0.15) is 5.76 Å². The van der Waals surface area contributed by atoms with Crippen LogP contribution in [0.4, 0.5) is 0 Å². The van der Waals surface area contributed by atoms with Crippen molar-refractivity contribution in [3.05, 3.63) is 23.2 Å². The summed E-state index contributed by atoms with van der Waals surface area (Å²) in [5.74, 6) is 0.569. The Morgan fingerprint density at radius 3 is 3.11 bits per heavy atom. The van der Waals surface area contributed by atoms with Crippen molar-refractivity contribution in [3.8, 4) is 0 Å². The maximum atomic E-state index is 11.4. The average Bonchev–Trinajstić information content (AvgIpc) is 2.95. The average molecular weight is 253 g/mol. The van der Waals surface area contributed by atoms with E-state index in [1.807, 2.05) is 13.0 Å². The molecule has 1 unspecified atom stereocenters. The first kappa shape index (κ1) is 13.1. The highest BCUT2D eigenvalue weighted by Gasteiger charge is 2.25. The molecule has 1 aliphatic heterocycles. The fourth-order valence-corrected chi connectivity index (χ4v) is 2.43. The zero-order valence-corrected chi connectivity index (χ0v) is 10.8. The molecule has 1 saturated heterocycles. The Morgan fingerprint density at radius 1 is 1.67 bits per heavy atom. The molecule has 1 aromatic rings. The first-order valence-electron chi connectivity index (χ1n) is 6.18. The molecule has 0 aliphatic carbocycles. The van der Waals surface area contributed by atoms with Gasteiger partial charge in [-0.2, -0.15) is 0 Å². The van der Waals surface area contributed by atoms with Gasteiger partial charge in [0.2, 0.25) is 5.76 Å². The van der Waals surface area contributed by atoms with Gasteiger partial charge in [0, 0.05) is 11.6 Å². The quantitative estimate of drug-likeness (QED) is 0.820. The van der Waals surface area contributed by atoms with Gasteiger partial charge in [0.25, 0.3) is 0 Å². The second kappa shape index (κ2) is 5.54. The molecule has 1 atom stereocenters. The summed E-state index contributed by atoms with van der Waals surface area (Å²) in [6.07, 6.45) is 2.11. The van der Waals surface area contributed by atoms with Crippen LogP contribution >= 0.6 is 0 Å². The zero-order valence-electron chi connectivity index (χ0n) is 10.8. The van der Waals surface area contributed by atoms with Crippen LogP contribution in [0, 0.1) is 6.92 Å². The van der Waals surface area contributed by atoms with Crippen molar-refractivity contribution in [2.45, 2.75) is 32.4 Å². The van der Waals surface area contributed by atoms with Gasteiger partial charge in [-0.05, 0) is 32.4 Å². The van der Waals surface area contributed by atoms with Gasteiger partial charge < -0.3 is 14.3 Å². The van der Waals surface area contributed by atoms with Crippen LogP contribution in [0.15, 0.2) is 10.5 Å². The topological polar surface area (TPSA) is 62.9 Å². The number of aliphatic hydroxyl groups is 1. The van der Waals surface area contributed by atoms with Crippen LogP contribution < -0.4 is 0 Å². The summed E-state index contributed by atoms with van der Waals surface area (Å²) < 4.78 is 10.2. The molecule has 100 valence electrons. The first-order valence-corrected chi connectivity index (χ1v) is 6.18. The fraction of sp³-hybridized carbons (Fsp3) is 0.615. The third kappa shape index (κ3) is 2.57. The summed E-state index contributed by atoms with van der Waals surface area (Å²) in [6, 6.07) is 2.07. The van der Waals surface area contributed by atoms with E-state index in [1.165, 1.54) is 7.11 Å². The summed E-state index contributed by atoms with van der Waals surface area (Å²) in [5, 5.41) is 9.25. The lowest BCUT2D eigenvalue weighted by atomic mass is 10.2. The number of esters is 1. The van der Waals surface area contributed by atoms with Crippen LogP contribution in [-0.4, -0.2) is 42.3 Å². The minimum absolute atomic E-state index is 0.170. The maximum Gasteiger partial charge on any atom is 0.374 e. The molecule has 5 heteroatoms. The molecular formula is C13H19NO4. The largest absolute Gasteiger partial charge is 0.463 e. The van der Waals surface area contributed by atoms with Gasteiger partial charge in [-0.1, -0.05) is 0 Å². The fourth-order valence-electron chi connectivity index (χ4n) is 2.43. The number of hydrogen-bond donors (Lipinski definition) is 1. The Bertz CT molecular complexity index is 427. The molecular weight excluding hydrogens is 234 g/mol. The SMILES string of the molecule is COC(=O)c1oc(CN2CCCC2CO)cc1C. The summed E-state index contributed by atoms with van der Waals surface area (Å²) in [4.78, 5) is 13.6. The standard InChI is InChI=1S/C13H19NO4/c1-9-6-11(18-12(9)13(16)17-2)7-14-5-3-4-10(14)8-15/h6,10,15H,3-5,7-8H2,1-2H3. The third-order valence-corrected chi connectivity index (χ3v) is 3.41. The number of aliphatic hydroxyl groups excluding tert-OH is 1. The number of rotatable bonds is 4. The van der Waals surface area contributed by atoms with Crippen molar-refractivity contribution in [3.63, 3.8) is 0 Å². The summed E-state index contributed by atoms with van der Waals surface area (Å²) >= 11 is 0. The summed E-state index contributed by atoms with van der Waals surface area (Å²) in [5.41, 5.74) is 0.789. The Hall–Kier alpha value is -1.33. The van der Waals surface area contributed by atoms with Crippen molar-refractivity contribution in [1.29, 1.82) is 0 Å². The molecule has 0 amide bonds. The highest BCUT2D eigenvalue weighted by atomic mass is 16.5. The number of ether oxygens (including phenoxy) is 1. The van der Waals surface area contributed by atoms with Gasteiger partial charge in [-0.15, -0.1) is 0 Å². The molecule has 0 aromatic carbocycles. The number of hydrogen-bond acceptors (Lipinski definition) is 5. The third-order valence-electron chi connectivity index (χ3n) is 3.41. The smallest absolute Gasteiger partial charge is 0.374 e. The van der Waals surface area contributed by atoms with Crippen molar-refractivity contribution < 1.29 is 19.1 Å². The highest BCUT2D eigenvalue weighted by molar-refractivity contribution is 5.87. The highest BCUT2D eigenvalue weighted by Crippen LogP contribution is 2.22. The molecule has 0 bridgehead atoms. The number of nitrogens with zero attached hydrogens (tertiary/aromatic N) is 1. The normalized spacial score (nSPS) is 20.3. The van der Waals surface area contributed by atoms with E-state index in [4.69, 9.17) is 4.42 Å². The van der Waals surface area contributed by atoms with Crippen LogP contribution in [0.25, 0.3) is 0 Å². The number of carbonyl (C=O) groups excluding carboxylic acids is 1. The molecule has 1 N–H and O–H groups in total. The van der Waals surface area contributed by atoms with Crippen molar-refractivity contribution >= 4 is 5.97 Å². The Balaban J connectivity index is 2.08. The summed E-state index contributed by atoms with van der Waals surface area (Å²) in [7, 11) is 1.34. The van der Waals surface area contributed by atoms with Crippen LogP contribution in [0.3, 0.4) is 0 Å². The van der Waals surface area contributed by atoms with E-state index in [0.29, 0.717) is 6.54 Å². The Kier molecular flexibility index (Phi) is 4.04. The van der Waals surface area contributed by atoms with E-state index in [1.54, 1.807) is 0 Å². The first-order chi connectivity index (χ1) is 8.65. The van der Waals surface area contributed by atoms with Crippen LogP contribution in [0.5, 0.6) is 0 Å². The molecule has 1 fully saturated rings. The van der Waals surface area contributed by atoms with Gasteiger partial charge >= 0.3 is 5.97 Å². The van der Waals surface area contributed by atoms with Crippen molar-refractivity contribution in [1.82, 2.24) is 4.90 Å². The lowest BCUT2D eigenvalue weighted by molar-refractivity contribution is 0.0558. The molecule has 2 heterocycles. The van der Waals surface area contributed by atoms with E-state index in [-0.39, 0.29) is 18.4 Å². The predicted octanol–water partition coefficient (Wildman–Crippen LogP) is 1.33. The number of methoxy groups -OCH3 is 1. The van der Waals surface area contributed by atoms with E-state index in [2.05, 4.69) is 9.64 Å². The number of likely N-dealkylation sites (tertiary alicyclic amines) is 1. The van der Waals surface area contributed by atoms with E-state index in [9.17, 15) is 9.90 Å². The molecule has 5 nitrogen and oxygen atoms in total. The molecule has 1 aromatic heterocycles. The van der Waals surface area contributed by atoms with Crippen molar-refractivity contribution in [2.24, 2.45) is 0 Å². The monoisotopic (exact) mass is 253 g/mol. The van der Waals surface area contributed by atoms with Gasteiger partial charge in [0.15, 0.2) is 0 Å². The minimum atomic E-state index is -0.445. The number of furan rings is 1. The van der Waals surface area contributed by atoms with E-state index in [0.717, 1.165) is 30.7 Å². The molecule has 0 radical (unpaired) electrons. The molecule has 2 rings (SSSR count). The lowest BCUT2D eigenvalue weighted by Crippen LogP contribution is -2.31. The molecule has 0 saturated carbocycles. The van der Waals surface area contributed by atoms with E-state index < -0.39 is 5.97 Å². The second-order valence-corrected chi connectivity index (χ2v) is 4.67. The zero-order chi connectivity index (χ0) is 13.1. The second-order valence-electron chi connectivity index (χ2n) is 4.67. The Labute approximate surface area is 106 Å². The summed E-state index contributed by atoms with van der Waals surface area (Å²) in [6.45, 7) is 3.58. The maximum absolute atomic E-state index is 11.4.